The lowest BCUT2D eigenvalue weighted by atomic mass is 10.1. The Labute approximate surface area is 175 Å². The van der Waals surface area contributed by atoms with E-state index in [9.17, 15) is 27.6 Å². The van der Waals surface area contributed by atoms with E-state index in [1.807, 2.05) is 0 Å². The molecule has 3 rings (SSSR count). The summed E-state index contributed by atoms with van der Waals surface area (Å²) in [6.45, 7) is 0.760. The van der Waals surface area contributed by atoms with Gasteiger partial charge < -0.3 is 15.5 Å². The van der Waals surface area contributed by atoms with Crippen molar-refractivity contribution in [1.82, 2.24) is 25.3 Å². The highest BCUT2D eigenvalue weighted by Crippen LogP contribution is 2.29. The molecule has 31 heavy (non-hydrogen) atoms. The Bertz CT molecular complexity index is 1010. The molecule has 0 unspecified atom stereocenters. The van der Waals surface area contributed by atoms with Gasteiger partial charge in [0.2, 0.25) is 11.8 Å². The van der Waals surface area contributed by atoms with Gasteiger partial charge in [-0.1, -0.05) is 12.1 Å². The maximum atomic E-state index is 12.6. The molecule has 1 aromatic heterocycles. The van der Waals surface area contributed by atoms with Gasteiger partial charge in [0.1, 0.15) is 0 Å². The van der Waals surface area contributed by atoms with Crippen LogP contribution in [-0.4, -0.2) is 52.5 Å². The van der Waals surface area contributed by atoms with Gasteiger partial charge >= 0.3 is 6.18 Å². The number of alkyl halides is 3. The zero-order chi connectivity index (χ0) is 22.6. The molecule has 2 heterocycles. The van der Waals surface area contributed by atoms with Crippen LogP contribution in [0.5, 0.6) is 0 Å². The summed E-state index contributed by atoms with van der Waals surface area (Å²) in [4.78, 5) is 37.8. The van der Waals surface area contributed by atoms with Crippen LogP contribution in [0.15, 0.2) is 36.5 Å². The number of aromatic nitrogens is 2. The van der Waals surface area contributed by atoms with E-state index < -0.39 is 17.6 Å². The van der Waals surface area contributed by atoms with Gasteiger partial charge in [0.05, 0.1) is 42.7 Å². The zero-order valence-corrected chi connectivity index (χ0v) is 16.6. The van der Waals surface area contributed by atoms with Crippen LogP contribution < -0.4 is 10.6 Å². The quantitative estimate of drug-likeness (QED) is 0.695. The Morgan fingerprint density at radius 3 is 2.52 bits per heavy atom. The molecule has 2 aromatic rings. The van der Waals surface area contributed by atoms with Gasteiger partial charge in [-0.25, -0.2) is 0 Å². The van der Waals surface area contributed by atoms with Crippen LogP contribution in [0, 0.1) is 0 Å². The van der Waals surface area contributed by atoms with Crippen molar-refractivity contribution >= 4 is 23.8 Å². The average molecular weight is 435 g/mol. The predicted octanol–water partition coefficient (Wildman–Crippen LogP) is 1.43. The number of benzene rings is 1. The van der Waals surface area contributed by atoms with Gasteiger partial charge in [0, 0.05) is 19.7 Å². The Balaban J connectivity index is 1.53. The van der Waals surface area contributed by atoms with E-state index in [2.05, 4.69) is 15.7 Å². The number of hydrogen-bond acceptors (Lipinski definition) is 4. The Kier molecular flexibility index (Phi) is 6.42. The lowest BCUT2D eigenvalue weighted by Gasteiger charge is -2.28. The number of hydrogen-bond donors (Lipinski definition) is 2. The second-order valence-electron chi connectivity index (χ2n) is 6.79. The minimum absolute atomic E-state index is 0.193. The molecule has 0 saturated heterocycles. The summed E-state index contributed by atoms with van der Waals surface area (Å²) in [7, 11) is 1.51. The van der Waals surface area contributed by atoms with Crippen LogP contribution in [0.25, 0.3) is 6.08 Å². The van der Waals surface area contributed by atoms with Crippen LogP contribution in [0.3, 0.4) is 0 Å². The van der Waals surface area contributed by atoms with E-state index in [4.69, 9.17) is 0 Å². The number of rotatable bonds is 5. The summed E-state index contributed by atoms with van der Waals surface area (Å²) in [6.07, 6.45) is -0.469. The minimum Gasteiger partial charge on any atom is -0.355 e. The molecule has 8 nitrogen and oxygen atoms in total. The van der Waals surface area contributed by atoms with E-state index in [1.165, 1.54) is 36.4 Å². The largest absolute Gasteiger partial charge is 0.416 e. The third-order valence-electron chi connectivity index (χ3n) is 4.77. The first-order valence-corrected chi connectivity index (χ1v) is 9.36. The third kappa shape index (κ3) is 5.30. The molecule has 3 amide bonds. The van der Waals surface area contributed by atoms with E-state index in [0.29, 0.717) is 29.9 Å². The standard InChI is InChI=1S/C20H20F3N5O3/c1-24-19(31)15-10-26-28-9-8-27(12-16(15)28)18(30)11-25-17(29)7-4-13-2-5-14(6-3-13)20(21,22)23/h2-7,10H,8-9,11-12H2,1H3,(H,24,31)(H,25,29)/b7-4+. The molecule has 0 aliphatic carbocycles. The van der Waals surface area contributed by atoms with Crippen molar-refractivity contribution in [3.8, 4) is 0 Å². The fourth-order valence-corrected chi connectivity index (χ4v) is 3.07. The normalized spacial score (nSPS) is 13.7. The number of carbonyl (C=O) groups is 3. The highest BCUT2D eigenvalue weighted by atomic mass is 19.4. The van der Waals surface area contributed by atoms with Crippen molar-refractivity contribution < 1.29 is 27.6 Å². The van der Waals surface area contributed by atoms with Crippen molar-refractivity contribution in [2.75, 3.05) is 20.1 Å². The number of halogens is 3. The van der Waals surface area contributed by atoms with Crippen LogP contribution in [-0.2, 0) is 28.9 Å². The molecular formula is C20H20F3N5O3. The molecule has 2 N–H and O–H groups in total. The van der Waals surface area contributed by atoms with Gasteiger partial charge in [0.15, 0.2) is 0 Å². The van der Waals surface area contributed by atoms with Crippen LogP contribution in [0.1, 0.15) is 27.2 Å². The van der Waals surface area contributed by atoms with E-state index >= 15 is 0 Å². The minimum atomic E-state index is -4.42. The van der Waals surface area contributed by atoms with E-state index in [0.717, 1.165) is 18.2 Å². The van der Waals surface area contributed by atoms with E-state index in [-0.39, 0.29) is 24.9 Å². The molecule has 164 valence electrons. The molecule has 0 saturated carbocycles. The molecule has 0 bridgehead atoms. The molecule has 1 aliphatic rings. The molecule has 1 aliphatic heterocycles. The van der Waals surface area contributed by atoms with Crippen molar-refractivity contribution in [3.63, 3.8) is 0 Å². The summed E-state index contributed by atoms with van der Waals surface area (Å²) < 4.78 is 39.4. The number of fused-ring (bicyclic) bond motifs is 1. The topological polar surface area (TPSA) is 96.3 Å². The van der Waals surface area contributed by atoms with Gasteiger partial charge in [-0.15, -0.1) is 0 Å². The summed E-state index contributed by atoms with van der Waals surface area (Å²) in [5.41, 5.74) is 0.652. The van der Waals surface area contributed by atoms with Crippen molar-refractivity contribution in [3.05, 3.63) is 58.9 Å². The van der Waals surface area contributed by atoms with Crippen molar-refractivity contribution in [2.24, 2.45) is 0 Å². The lowest BCUT2D eigenvalue weighted by molar-refractivity contribution is -0.137. The van der Waals surface area contributed by atoms with Gasteiger partial charge in [-0.3, -0.25) is 19.1 Å². The predicted molar refractivity (Wildman–Crippen MR) is 105 cm³/mol. The second kappa shape index (κ2) is 9.02. The van der Waals surface area contributed by atoms with Crippen LogP contribution in [0.2, 0.25) is 0 Å². The van der Waals surface area contributed by atoms with Crippen LogP contribution in [0.4, 0.5) is 13.2 Å². The molecule has 0 spiro atoms. The summed E-state index contributed by atoms with van der Waals surface area (Å²) in [5, 5.41) is 9.12. The maximum absolute atomic E-state index is 12.6. The lowest BCUT2D eigenvalue weighted by Crippen LogP contribution is -2.44. The highest BCUT2D eigenvalue weighted by molar-refractivity contribution is 5.95. The van der Waals surface area contributed by atoms with E-state index in [1.54, 1.807) is 4.68 Å². The van der Waals surface area contributed by atoms with Gasteiger partial charge in [-0.2, -0.15) is 18.3 Å². The SMILES string of the molecule is CNC(=O)c1cnn2c1CN(C(=O)CNC(=O)/C=C/c1ccc(C(F)(F)F)cc1)CC2. The summed E-state index contributed by atoms with van der Waals surface area (Å²) >= 11 is 0. The first kappa shape index (κ1) is 22.1. The highest BCUT2D eigenvalue weighted by Gasteiger charge is 2.30. The summed E-state index contributed by atoms with van der Waals surface area (Å²) in [6, 6.07) is 4.35. The monoisotopic (exact) mass is 435 g/mol. The number of carbonyl (C=O) groups excluding carboxylic acids is 3. The first-order chi connectivity index (χ1) is 14.7. The molecule has 0 atom stereocenters. The molecular weight excluding hydrogens is 415 g/mol. The fraction of sp³-hybridized carbons (Fsp3) is 0.300. The molecule has 11 heteroatoms. The molecule has 0 radical (unpaired) electrons. The molecule has 1 aromatic carbocycles. The third-order valence-corrected chi connectivity index (χ3v) is 4.77. The Morgan fingerprint density at radius 2 is 1.87 bits per heavy atom. The van der Waals surface area contributed by atoms with Gasteiger partial charge in [0.25, 0.3) is 5.91 Å². The zero-order valence-electron chi connectivity index (χ0n) is 16.6. The number of nitrogens with one attached hydrogen (secondary N) is 2. The van der Waals surface area contributed by atoms with Crippen molar-refractivity contribution in [1.29, 1.82) is 0 Å². The number of nitrogens with zero attached hydrogens (tertiary/aromatic N) is 3. The summed E-state index contributed by atoms with van der Waals surface area (Å²) in [5.74, 6) is -1.18. The van der Waals surface area contributed by atoms with Crippen molar-refractivity contribution in [2.45, 2.75) is 19.3 Å². The second-order valence-corrected chi connectivity index (χ2v) is 6.79. The van der Waals surface area contributed by atoms with Crippen LogP contribution >= 0.6 is 0 Å². The average Bonchev–Trinajstić information content (AvgIpc) is 3.18. The first-order valence-electron chi connectivity index (χ1n) is 9.36. The smallest absolute Gasteiger partial charge is 0.355 e. The maximum Gasteiger partial charge on any atom is 0.416 e. The number of amides is 3. The Hall–Kier alpha value is -3.63. The molecule has 0 fully saturated rings. The van der Waals surface area contributed by atoms with Gasteiger partial charge in [-0.05, 0) is 23.8 Å². The fourth-order valence-electron chi connectivity index (χ4n) is 3.07. The Morgan fingerprint density at radius 1 is 1.16 bits per heavy atom.